The zero-order chi connectivity index (χ0) is 61.8. The van der Waals surface area contributed by atoms with Gasteiger partial charge in [0.05, 0.1) is 27.0 Å². The van der Waals surface area contributed by atoms with Crippen molar-refractivity contribution in [2.24, 2.45) is 0 Å². The second kappa shape index (κ2) is 27.7. The first kappa shape index (κ1) is 64.0. The summed E-state index contributed by atoms with van der Waals surface area (Å²) in [5.41, 5.74) is -1.36. The highest BCUT2D eigenvalue weighted by molar-refractivity contribution is 6.33. The summed E-state index contributed by atoms with van der Waals surface area (Å²) in [5, 5.41) is -0.171. The smallest absolute Gasteiger partial charge is 0.340 e. The first-order valence-corrected chi connectivity index (χ1v) is 25.9. The van der Waals surface area contributed by atoms with Crippen molar-refractivity contribution in [3.8, 4) is 23.0 Å². The molecule has 1 aliphatic heterocycles. The van der Waals surface area contributed by atoms with Crippen LogP contribution >= 0.6 is 23.2 Å². The number of nitrogens with zero attached hydrogens (tertiary/aromatic N) is 2. The van der Waals surface area contributed by atoms with E-state index in [1.807, 2.05) is 0 Å². The average molecular weight is 1210 g/mol. The molecule has 0 fully saturated rings. The minimum Gasteiger partial charge on any atom is -0.488 e. The normalized spacial score (nSPS) is 12.8. The van der Waals surface area contributed by atoms with Crippen molar-refractivity contribution >= 4 is 100 Å². The van der Waals surface area contributed by atoms with Gasteiger partial charge in [-0.05, 0) is 72.1 Å². The third-order valence-corrected chi connectivity index (χ3v) is 12.9. The van der Waals surface area contributed by atoms with E-state index in [0.29, 0.717) is 16.7 Å². The van der Waals surface area contributed by atoms with Gasteiger partial charge in [0.2, 0.25) is 27.2 Å². The van der Waals surface area contributed by atoms with E-state index in [1.165, 1.54) is 61.2 Å². The van der Waals surface area contributed by atoms with Crippen LogP contribution in [0.3, 0.4) is 0 Å². The van der Waals surface area contributed by atoms with Gasteiger partial charge in [0.1, 0.15) is 62.4 Å². The fraction of sp³-hybridized carbons (Fsp3) is 0.375. The lowest BCUT2D eigenvalue weighted by molar-refractivity contribution is -0.167. The number of carbonyl (C=O) groups excluding carboxylic acids is 11. The number of hydrogen-bond donors (Lipinski definition) is 0. The highest BCUT2D eigenvalue weighted by atomic mass is 35.5. The molecule has 4 aromatic rings. The number of fused-ring (bicyclic) bond motifs is 6. The number of aryl methyl sites for hydroxylation is 1. The van der Waals surface area contributed by atoms with Gasteiger partial charge in [0.15, 0.2) is 5.60 Å². The number of esters is 11. The lowest BCUT2D eigenvalue weighted by Crippen LogP contribution is -2.41. The lowest BCUT2D eigenvalue weighted by atomic mass is 9.61. The summed E-state index contributed by atoms with van der Waals surface area (Å²) in [6, 6.07) is 13.2. The standard InChI is InChI=1S/C56H56Cl2N2O24/c1-29-10-11-44(59(21-50(67)78-25-74-30(2)61)22-51(68)79-26-75-31(3)62)48(14-29)72-12-13-73-49-18-37-36(15-45(49)60(23-52(69)80-27-76-32(4)63)24-53(70)81-28-77-33(5)64)54(71)84-56(37)40-16-42(57)46(82-34(6)65)19-38(40)55(8,9)39-20-47(83-35(7)66)43(58)17-41(39)56/h10-11,14-20H,12-13,21-28H2,1-9H3. The monoisotopic (exact) mass is 1210 g/mol. The molecule has 6 rings (SSSR count). The first-order chi connectivity index (χ1) is 39.6. The summed E-state index contributed by atoms with van der Waals surface area (Å²) in [5.74, 6) is -9.73. The predicted molar refractivity (Wildman–Crippen MR) is 287 cm³/mol. The molecular formula is C56H56Cl2N2O24. The highest BCUT2D eigenvalue weighted by Gasteiger charge is 2.57. The largest absolute Gasteiger partial charge is 0.488 e. The van der Waals surface area contributed by atoms with Gasteiger partial charge < -0.3 is 71.4 Å². The zero-order valence-corrected chi connectivity index (χ0v) is 48.2. The second-order valence-electron chi connectivity index (χ2n) is 18.9. The number of halogens is 2. The minimum atomic E-state index is -2.02. The first-order valence-electron chi connectivity index (χ1n) is 25.1. The maximum atomic E-state index is 14.8. The summed E-state index contributed by atoms with van der Waals surface area (Å²) >= 11 is 13.8. The Kier molecular flexibility index (Phi) is 21.1. The van der Waals surface area contributed by atoms with E-state index in [4.69, 9.17) is 84.8 Å². The Balaban J connectivity index is 1.52. The molecule has 2 aliphatic rings. The van der Waals surface area contributed by atoms with E-state index < -0.39 is 137 Å². The van der Waals surface area contributed by atoms with Crippen LogP contribution < -0.4 is 28.7 Å². The molecule has 0 amide bonds. The van der Waals surface area contributed by atoms with Crippen LogP contribution in [0.25, 0.3) is 0 Å². The molecule has 0 unspecified atom stereocenters. The number of carbonyl (C=O) groups is 11. The van der Waals surface area contributed by atoms with Crippen LogP contribution in [0.1, 0.15) is 99.1 Å². The lowest BCUT2D eigenvalue weighted by Gasteiger charge is -2.45. The molecule has 1 spiro atoms. The molecule has 448 valence electrons. The molecule has 84 heavy (non-hydrogen) atoms. The van der Waals surface area contributed by atoms with Crippen LogP contribution in [0, 0.1) is 6.92 Å². The molecule has 0 radical (unpaired) electrons. The molecule has 0 atom stereocenters. The molecule has 28 heteroatoms. The van der Waals surface area contributed by atoms with E-state index in [-0.39, 0.29) is 73.3 Å². The molecule has 4 aromatic carbocycles. The number of hydrogen-bond acceptors (Lipinski definition) is 26. The second-order valence-corrected chi connectivity index (χ2v) is 19.7. The fourth-order valence-corrected chi connectivity index (χ4v) is 9.20. The highest BCUT2D eigenvalue weighted by Crippen LogP contribution is 2.60. The van der Waals surface area contributed by atoms with Crippen LogP contribution in [0.2, 0.25) is 10.0 Å². The molecule has 1 aliphatic carbocycles. The van der Waals surface area contributed by atoms with Crippen LogP contribution in [0.15, 0.2) is 54.6 Å². The summed E-state index contributed by atoms with van der Waals surface area (Å²) in [7, 11) is 0. The van der Waals surface area contributed by atoms with E-state index in [9.17, 15) is 52.7 Å². The Morgan fingerprint density at radius 3 is 1.20 bits per heavy atom. The van der Waals surface area contributed by atoms with Crippen molar-refractivity contribution in [2.45, 2.75) is 73.3 Å². The molecular weight excluding hydrogens is 1160 g/mol. The fourth-order valence-electron chi connectivity index (χ4n) is 8.79. The van der Waals surface area contributed by atoms with E-state index >= 15 is 0 Å². The summed E-state index contributed by atoms with van der Waals surface area (Å²) in [6.45, 7) is 5.14. The van der Waals surface area contributed by atoms with Gasteiger partial charge in [-0.25, -0.2) is 4.79 Å². The minimum absolute atomic E-state index is 0.0530. The Hall–Kier alpha value is -9.17. The summed E-state index contributed by atoms with van der Waals surface area (Å²) in [6.07, 6.45) is 0. The van der Waals surface area contributed by atoms with Crippen molar-refractivity contribution in [1.29, 1.82) is 0 Å². The van der Waals surface area contributed by atoms with Crippen molar-refractivity contribution in [3.63, 3.8) is 0 Å². The quantitative estimate of drug-likeness (QED) is 0.0257. The summed E-state index contributed by atoms with van der Waals surface area (Å²) in [4.78, 5) is 141. The molecule has 26 nitrogen and oxygen atoms in total. The molecule has 1 heterocycles. The van der Waals surface area contributed by atoms with Crippen LogP contribution in [-0.4, -0.2) is 132 Å². The van der Waals surface area contributed by atoms with Gasteiger partial charge in [-0.15, -0.1) is 0 Å². The topological polar surface area (TPSA) is 314 Å². The van der Waals surface area contributed by atoms with E-state index in [2.05, 4.69) is 0 Å². The van der Waals surface area contributed by atoms with Crippen molar-refractivity contribution in [1.82, 2.24) is 0 Å². The Bertz CT molecular complexity index is 3160. The molecule has 0 aromatic heterocycles. The Morgan fingerprint density at radius 2 is 0.821 bits per heavy atom. The van der Waals surface area contributed by atoms with Gasteiger partial charge in [0, 0.05) is 63.6 Å². The van der Waals surface area contributed by atoms with Crippen molar-refractivity contribution in [2.75, 3.05) is 76.4 Å². The maximum Gasteiger partial charge on any atom is 0.340 e. The average Bonchev–Trinajstić information content (AvgIpc) is 1.42. The maximum absolute atomic E-state index is 14.8. The van der Waals surface area contributed by atoms with E-state index in [0.717, 1.165) is 32.6 Å². The Labute approximate surface area is 489 Å². The van der Waals surface area contributed by atoms with Crippen LogP contribution in [0.5, 0.6) is 23.0 Å². The third-order valence-electron chi connectivity index (χ3n) is 12.3. The number of ether oxygens (including phenoxy) is 13. The molecule has 0 saturated heterocycles. The third kappa shape index (κ3) is 15.9. The SMILES string of the molecule is CC(=O)OCOC(=O)CN(CC(=O)OCOC(C)=O)c1ccc(C)cc1OCCOc1cc2c(cc1N(CC(=O)OCOC(C)=O)CC(=O)OCOC(C)=O)C(=O)OC21c2cc(Cl)c(OC(C)=O)cc2C(C)(C)c2cc(OC(C)=O)c(Cl)cc21. The predicted octanol–water partition coefficient (Wildman–Crippen LogP) is 5.58. The molecule has 0 saturated carbocycles. The van der Waals surface area contributed by atoms with Crippen LogP contribution in [-0.2, 0) is 102 Å². The van der Waals surface area contributed by atoms with Gasteiger partial charge in [-0.2, -0.15) is 0 Å². The molecule has 0 N–H and O–H groups in total. The number of benzene rings is 4. The van der Waals surface area contributed by atoms with Gasteiger partial charge in [-0.3, -0.25) is 47.9 Å². The number of rotatable bonds is 25. The summed E-state index contributed by atoms with van der Waals surface area (Å²) < 4.78 is 69.7. The Morgan fingerprint density at radius 1 is 0.452 bits per heavy atom. The van der Waals surface area contributed by atoms with Crippen LogP contribution in [0.4, 0.5) is 11.4 Å². The van der Waals surface area contributed by atoms with Gasteiger partial charge in [-0.1, -0.05) is 43.1 Å². The van der Waals surface area contributed by atoms with Crippen molar-refractivity contribution in [3.05, 3.63) is 104 Å². The van der Waals surface area contributed by atoms with E-state index in [1.54, 1.807) is 32.9 Å². The molecule has 0 bridgehead atoms. The van der Waals surface area contributed by atoms with Gasteiger partial charge >= 0.3 is 65.7 Å². The van der Waals surface area contributed by atoms with Gasteiger partial charge in [0.25, 0.3) is 0 Å². The van der Waals surface area contributed by atoms with Crippen molar-refractivity contribution < 1.29 is 114 Å². The number of anilines is 2. The zero-order valence-electron chi connectivity index (χ0n) is 46.7.